The van der Waals surface area contributed by atoms with Crippen molar-refractivity contribution in [2.24, 2.45) is 10.7 Å². The van der Waals surface area contributed by atoms with Gasteiger partial charge in [0.2, 0.25) is 5.88 Å². The molecule has 0 bridgehead atoms. The number of nitrogens with zero attached hydrogens (tertiary/aromatic N) is 2. The number of aromatic nitrogens is 1. The van der Waals surface area contributed by atoms with Crippen molar-refractivity contribution in [3.05, 3.63) is 46.3 Å². The maximum absolute atomic E-state index is 5.89. The van der Waals surface area contributed by atoms with Crippen LogP contribution >= 0.6 is 35.3 Å². The zero-order valence-electron chi connectivity index (χ0n) is 13.2. The minimum atomic E-state index is 0. The van der Waals surface area contributed by atoms with Crippen LogP contribution in [0.2, 0.25) is 0 Å². The van der Waals surface area contributed by atoms with Crippen LogP contribution in [0.4, 0.5) is 0 Å². The van der Waals surface area contributed by atoms with Crippen molar-refractivity contribution in [3.8, 4) is 5.88 Å². The molecule has 0 aromatic carbocycles. The van der Waals surface area contributed by atoms with Crippen LogP contribution in [-0.2, 0) is 13.0 Å². The van der Waals surface area contributed by atoms with Gasteiger partial charge >= 0.3 is 0 Å². The highest BCUT2D eigenvalue weighted by Gasteiger charge is 2.04. The second-order valence-corrected chi connectivity index (χ2v) is 5.81. The van der Waals surface area contributed by atoms with Crippen LogP contribution < -0.4 is 15.8 Å². The van der Waals surface area contributed by atoms with Crippen molar-refractivity contribution >= 4 is 41.3 Å². The lowest BCUT2D eigenvalue weighted by Crippen LogP contribution is -2.33. The Morgan fingerprint density at radius 2 is 2.26 bits per heavy atom. The summed E-state index contributed by atoms with van der Waals surface area (Å²) in [7, 11) is 0. The zero-order valence-corrected chi connectivity index (χ0v) is 16.3. The predicted octanol–water partition coefficient (Wildman–Crippen LogP) is 3.20. The third kappa shape index (κ3) is 7.17. The first-order chi connectivity index (χ1) is 10.8. The molecule has 0 saturated heterocycles. The summed E-state index contributed by atoms with van der Waals surface area (Å²) in [4.78, 5) is 9.92. The van der Waals surface area contributed by atoms with Crippen molar-refractivity contribution < 1.29 is 4.74 Å². The Bertz CT molecular complexity index is 590. The zero-order chi connectivity index (χ0) is 15.6. The Labute approximate surface area is 158 Å². The van der Waals surface area contributed by atoms with Gasteiger partial charge in [-0.15, -0.1) is 35.3 Å². The number of ether oxygens (including phenoxy) is 1. The van der Waals surface area contributed by atoms with E-state index in [4.69, 9.17) is 10.5 Å². The Kier molecular flexibility index (Phi) is 9.61. The largest absolute Gasteiger partial charge is 0.477 e. The lowest BCUT2D eigenvalue weighted by molar-refractivity contribution is 0.302. The van der Waals surface area contributed by atoms with Gasteiger partial charge in [-0.1, -0.05) is 19.1 Å². The van der Waals surface area contributed by atoms with Gasteiger partial charge in [0.25, 0.3) is 0 Å². The Balaban J connectivity index is 0.00000264. The van der Waals surface area contributed by atoms with E-state index in [2.05, 4.69) is 39.7 Å². The van der Waals surface area contributed by atoms with Crippen LogP contribution in [0, 0.1) is 0 Å². The van der Waals surface area contributed by atoms with Gasteiger partial charge in [-0.2, -0.15) is 0 Å². The highest BCUT2D eigenvalue weighted by atomic mass is 127. The van der Waals surface area contributed by atoms with Crippen molar-refractivity contribution in [2.45, 2.75) is 26.3 Å². The van der Waals surface area contributed by atoms with Crippen molar-refractivity contribution in [2.75, 3.05) is 13.2 Å². The molecule has 0 atom stereocenters. The van der Waals surface area contributed by atoms with E-state index in [9.17, 15) is 0 Å². The summed E-state index contributed by atoms with van der Waals surface area (Å²) in [5.74, 6) is 1.08. The highest BCUT2D eigenvalue weighted by molar-refractivity contribution is 14.0. The summed E-state index contributed by atoms with van der Waals surface area (Å²) in [6.07, 6.45) is 3.62. The number of halogens is 1. The van der Waals surface area contributed by atoms with Crippen LogP contribution in [0.3, 0.4) is 0 Å². The molecule has 0 fully saturated rings. The molecule has 2 aromatic heterocycles. The van der Waals surface area contributed by atoms with E-state index in [-0.39, 0.29) is 24.0 Å². The number of nitrogens with one attached hydrogen (secondary N) is 1. The SMILES string of the molecule is CCCOc1ncccc1CN=C(N)NCCc1cccs1.I. The monoisotopic (exact) mass is 446 g/mol. The maximum atomic E-state index is 5.89. The predicted molar refractivity (Wildman–Crippen MR) is 107 cm³/mol. The number of rotatable bonds is 8. The summed E-state index contributed by atoms with van der Waals surface area (Å²) >= 11 is 1.75. The summed E-state index contributed by atoms with van der Waals surface area (Å²) < 4.78 is 5.61. The first-order valence-corrected chi connectivity index (χ1v) is 8.30. The molecule has 23 heavy (non-hydrogen) atoms. The molecule has 0 amide bonds. The fraction of sp³-hybridized carbons (Fsp3) is 0.375. The number of pyridine rings is 1. The summed E-state index contributed by atoms with van der Waals surface area (Å²) in [6.45, 7) is 3.96. The highest BCUT2D eigenvalue weighted by Crippen LogP contribution is 2.15. The first kappa shape index (κ1) is 19.7. The molecule has 0 aliphatic rings. The molecule has 2 heterocycles. The Hall–Kier alpha value is -1.35. The Morgan fingerprint density at radius 3 is 3.00 bits per heavy atom. The van der Waals surface area contributed by atoms with Crippen LogP contribution in [0.15, 0.2) is 40.8 Å². The van der Waals surface area contributed by atoms with E-state index in [1.165, 1.54) is 4.88 Å². The summed E-state index contributed by atoms with van der Waals surface area (Å²) in [6, 6.07) is 8.01. The molecule has 0 saturated carbocycles. The minimum absolute atomic E-state index is 0. The van der Waals surface area contributed by atoms with Crippen molar-refractivity contribution in [1.29, 1.82) is 0 Å². The van der Waals surface area contributed by atoms with E-state index >= 15 is 0 Å². The second-order valence-electron chi connectivity index (χ2n) is 4.77. The third-order valence-corrected chi connectivity index (χ3v) is 3.91. The van der Waals surface area contributed by atoms with E-state index in [0.29, 0.717) is 25.0 Å². The number of hydrogen-bond acceptors (Lipinski definition) is 4. The quantitative estimate of drug-likeness (QED) is 0.371. The number of guanidine groups is 1. The van der Waals surface area contributed by atoms with Gasteiger partial charge in [-0.3, -0.25) is 0 Å². The normalized spacial score (nSPS) is 10.9. The number of nitrogens with two attached hydrogens (primary N) is 1. The van der Waals surface area contributed by atoms with E-state index in [1.807, 2.05) is 12.1 Å². The molecule has 2 aromatic rings. The fourth-order valence-corrected chi connectivity index (χ4v) is 2.58. The van der Waals surface area contributed by atoms with Gasteiger partial charge in [-0.25, -0.2) is 9.98 Å². The fourth-order valence-electron chi connectivity index (χ4n) is 1.87. The van der Waals surface area contributed by atoms with Gasteiger partial charge in [0, 0.05) is 23.2 Å². The molecular weight excluding hydrogens is 423 g/mol. The van der Waals surface area contributed by atoms with E-state index in [0.717, 1.165) is 24.9 Å². The van der Waals surface area contributed by atoms with Gasteiger partial charge in [0.15, 0.2) is 5.96 Å². The molecule has 126 valence electrons. The van der Waals surface area contributed by atoms with Gasteiger partial charge in [0.05, 0.1) is 13.2 Å². The average Bonchev–Trinajstić information content (AvgIpc) is 3.05. The number of hydrogen-bond donors (Lipinski definition) is 2. The Morgan fingerprint density at radius 1 is 1.39 bits per heavy atom. The van der Waals surface area contributed by atoms with Crippen LogP contribution in [0.25, 0.3) is 0 Å². The average molecular weight is 446 g/mol. The molecule has 0 spiro atoms. The molecule has 5 nitrogen and oxygen atoms in total. The lowest BCUT2D eigenvalue weighted by Gasteiger charge is -2.08. The standard InChI is InChI=1S/C16H22N4OS.HI/c1-2-10-21-15-13(5-3-8-18-15)12-20-16(17)19-9-7-14-6-4-11-22-14;/h3-6,8,11H,2,7,9-10,12H2,1H3,(H3,17,19,20);1H. The first-order valence-electron chi connectivity index (χ1n) is 7.42. The van der Waals surface area contributed by atoms with Crippen LogP contribution in [-0.4, -0.2) is 24.1 Å². The lowest BCUT2D eigenvalue weighted by atomic mass is 10.3. The van der Waals surface area contributed by atoms with Gasteiger partial charge in [0.1, 0.15) is 0 Å². The molecule has 3 N–H and O–H groups in total. The van der Waals surface area contributed by atoms with E-state index < -0.39 is 0 Å². The summed E-state index contributed by atoms with van der Waals surface area (Å²) in [5, 5.41) is 5.20. The smallest absolute Gasteiger partial charge is 0.218 e. The number of thiophene rings is 1. The summed E-state index contributed by atoms with van der Waals surface area (Å²) in [5.41, 5.74) is 6.84. The second kappa shape index (κ2) is 11.2. The topological polar surface area (TPSA) is 72.5 Å². The number of aliphatic imine (C=N–C) groups is 1. The van der Waals surface area contributed by atoms with Gasteiger partial charge < -0.3 is 15.8 Å². The molecule has 2 rings (SSSR count). The van der Waals surface area contributed by atoms with Gasteiger partial charge in [-0.05, 0) is 30.4 Å². The minimum Gasteiger partial charge on any atom is -0.477 e. The van der Waals surface area contributed by atoms with Crippen molar-refractivity contribution in [1.82, 2.24) is 10.3 Å². The molecular formula is C16H23IN4OS. The van der Waals surface area contributed by atoms with Crippen LogP contribution in [0.5, 0.6) is 5.88 Å². The molecule has 0 aliphatic carbocycles. The maximum Gasteiger partial charge on any atom is 0.218 e. The molecule has 7 heteroatoms. The molecule has 0 aliphatic heterocycles. The molecule has 0 unspecified atom stereocenters. The van der Waals surface area contributed by atoms with E-state index in [1.54, 1.807) is 17.5 Å². The van der Waals surface area contributed by atoms with Crippen LogP contribution in [0.1, 0.15) is 23.8 Å². The third-order valence-electron chi connectivity index (χ3n) is 2.97. The molecule has 0 radical (unpaired) electrons. The van der Waals surface area contributed by atoms with Crippen molar-refractivity contribution in [3.63, 3.8) is 0 Å².